The van der Waals surface area contributed by atoms with Crippen molar-refractivity contribution in [1.29, 1.82) is 5.26 Å². The molecule has 3 rings (SSSR count). The summed E-state index contributed by atoms with van der Waals surface area (Å²) in [6.45, 7) is 1.91. The third-order valence-corrected chi connectivity index (χ3v) is 7.05. The summed E-state index contributed by atoms with van der Waals surface area (Å²) in [5.41, 5.74) is 6.20. The van der Waals surface area contributed by atoms with Crippen LogP contribution in [0.1, 0.15) is 13.3 Å². The number of carbonyl (C=O) groups is 1. The minimum atomic E-state index is -4.06. The molecule has 1 atom stereocenters. The van der Waals surface area contributed by atoms with Gasteiger partial charge in [0.15, 0.2) is 16.6 Å². The first-order chi connectivity index (χ1) is 15.9. The highest BCUT2D eigenvalue weighted by atomic mass is 32.2. The molecule has 13 heteroatoms. The maximum atomic E-state index is 13.7. The number of rotatable bonds is 11. The van der Waals surface area contributed by atoms with Crippen LogP contribution in [0.3, 0.4) is 0 Å². The first kappa shape index (κ1) is 24.7. The van der Waals surface area contributed by atoms with Crippen LogP contribution >= 0.6 is 30.8 Å². The van der Waals surface area contributed by atoms with Gasteiger partial charge in [0.1, 0.15) is 21.4 Å². The van der Waals surface area contributed by atoms with Gasteiger partial charge in [-0.15, -0.1) is 0 Å². The van der Waals surface area contributed by atoms with E-state index in [0.717, 1.165) is 23.1 Å². The fourth-order valence-corrected chi connectivity index (χ4v) is 5.60. The molecule has 3 aromatic rings. The molecule has 0 saturated carbocycles. The smallest absolute Gasteiger partial charge is 0.494 e. The Morgan fingerprint density at radius 3 is 2.76 bits per heavy atom. The second kappa shape index (κ2) is 11.2. The van der Waals surface area contributed by atoms with Gasteiger partial charge >= 0.3 is 13.7 Å². The Morgan fingerprint density at radius 2 is 2.09 bits per heavy atom. The molecule has 0 spiro atoms. The minimum absolute atomic E-state index is 0.0265. The fourth-order valence-electron chi connectivity index (χ4n) is 2.77. The topological polar surface area (TPSA) is 146 Å². The van der Waals surface area contributed by atoms with Gasteiger partial charge in [-0.2, -0.15) is 5.26 Å². The van der Waals surface area contributed by atoms with Crippen molar-refractivity contribution in [2.45, 2.75) is 18.2 Å². The number of anilines is 1. The molecule has 1 aromatic heterocycles. The molecule has 33 heavy (non-hydrogen) atoms. The van der Waals surface area contributed by atoms with Crippen LogP contribution in [0.5, 0.6) is 17.2 Å². The van der Waals surface area contributed by atoms with Gasteiger partial charge in [-0.05, 0) is 30.8 Å². The number of nitrogens with two attached hydrogens (primary N) is 1. The van der Waals surface area contributed by atoms with Crippen LogP contribution in [0.4, 0.5) is 5.13 Å². The zero-order valence-corrected chi connectivity index (χ0v) is 20.3. The molecular formula is C20H21N4O6PS2. The Labute approximate surface area is 198 Å². The number of fused-ring (bicyclic) bond motifs is 1. The first-order valence-electron chi connectivity index (χ1n) is 9.67. The van der Waals surface area contributed by atoms with Gasteiger partial charge in [0.2, 0.25) is 0 Å². The van der Waals surface area contributed by atoms with Gasteiger partial charge in [0.05, 0.1) is 25.0 Å². The van der Waals surface area contributed by atoms with Gasteiger partial charge in [0, 0.05) is 12.6 Å². The third kappa shape index (κ3) is 6.30. The monoisotopic (exact) mass is 508 g/mol. The summed E-state index contributed by atoms with van der Waals surface area (Å²) in [7, 11) is -2.60. The number of nitrogens with one attached hydrogen (secondary N) is 1. The van der Waals surface area contributed by atoms with Crippen molar-refractivity contribution in [3.05, 3.63) is 36.4 Å². The Bertz CT molecular complexity index is 1210. The number of carbonyl (C=O) groups excluding carboxylic acids is 1. The summed E-state index contributed by atoms with van der Waals surface area (Å²) < 4.78 is 36.1. The number of ether oxygens (including phenoxy) is 2. The van der Waals surface area contributed by atoms with Crippen LogP contribution < -0.4 is 24.6 Å². The summed E-state index contributed by atoms with van der Waals surface area (Å²) in [5, 5.41) is 14.1. The van der Waals surface area contributed by atoms with Crippen LogP contribution in [0.25, 0.3) is 10.2 Å². The number of thiocyanates is 1. The van der Waals surface area contributed by atoms with E-state index in [4.69, 9.17) is 24.3 Å². The number of esters is 1. The Kier molecular flexibility index (Phi) is 8.41. The molecule has 0 aliphatic rings. The van der Waals surface area contributed by atoms with E-state index in [-0.39, 0.29) is 30.5 Å². The van der Waals surface area contributed by atoms with Crippen molar-refractivity contribution in [3.8, 4) is 22.6 Å². The minimum Gasteiger partial charge on any atom is -0.494 e. The maximum Gasteiger partial charge on any atom is 0.512 e. The Hall–Kier alpha value is -2.97. The summed E-state index contributed by atoms with van der Waals surface area (Å²) in [6, 6.07) is 9.93. The lowest BCUT2D eigenvalue weighted by atomic mass is 10.3. The fraction of sp³-hybridized carbons (Fsp3) is 0.250. The number of nitrogens with zero attached hydrogens (tertiary/aromatic N) is 2. The number of methoxy groups -OCH3 is 1. The summed E-state index contributed by atoms with van der Waals surface area (Å²) >= 11 is 1.99. The van der Waals surface area contributed by atoms with E-state index in [0.29, 0.717) is 26.6 Å². The number of nitrogen functional groups attached to an aromatic ring is 1. The standard InChI is InChI=1S/C20H21N4O6PS2/c1-3-28-16(25)9-10-23-31(26,29-13-7-5-4-6-8-13)30-14-11-15(32-12-21)18(27-2)19-17(14)24-20(22)33-19/h4-8,11H,3,9-10H2,1-2H3,(H2,22,24)(H,23,26). The quantitative estimate of drug-likeness (QED) is 0.162. The van der Waals surface area contributed by atoms with Gasteiger partial charge in [-0.25, -0.2) is 14.6 Å². The Balaban J connectivity index is 1.98. The van der Waals surface area contributed by atoms with Crippen LogP contribution in [0.2, 0.25) is 0 Å². The molecule has 0 radical (unpaired) electrons. The molecular weight excluding hydrogens is 487 g/mol. The zero-order chi connectivity index (χ0) is 23.8. The largest absolute Gasteiger partial charge is 0.512 e. The second-order valence-electron chi connectivity index (χ2n) is 6.29. The molecule has 2 aromatic carbocycles. The SMILES string of the molecule is CCOC(=O)CCNP(=O)(Oc1ccccc1)Oc1cc(SC#N)c(OC)c2sc(N)nc12. The molecule has 174 valence electrons. The van der Waals surface area contributed by atoms with E-state index >= 15 is 0 Å². The number of hydrogen-bond acceptors (Lipinski definition) is 11. The summed E-state index contributed by atoms with van der Waals surface area (Å²) in [4.78, 5) is 16.4. The molecule has 1 unspecified atom stereocenters. The predicted octanol–water partition coefficient (Wildman–Crippen LogP) is 4.57. The molecule has 10 nitrogen and oxygen atoms in total. The van der Waals surface area contributed by atoms with Crippen LogP contribution in [0, 0.1) is 10.7 Å². The molecule has 0 amide bonds. The van der Waals surface area contributed by atoms with Gasteiger partial charge < -0.3 is 24.3 Å². The average molecular weight is 509 g/mol. The molecule has 0 aliphatic heterocycles. The summed E-state index contributed by atoms with van der Waals surface area (Å²) in [5.74, 6) is 0.327. The molecule has 0 saturated heterocycles. The average Bonchev–Trinajstić information content (AvgIpc) is 3.16. The van der Waals surface area contributed by atoms with Crippen LogP contribution in [-0.4, -0.2) is 31.2 Å². The van der Waals surface area contributed by atoms with Gasteiger partial charge in [0.25, 0.3) is 0 Å². The van der Waals surface area contributed by atoms with Crippen molar-refractivity contribution < 1.29 is 27.9 Å². The van der Waals surface area contributed by atoms with Crippen molar-refractivity contribution in [3.63, 3.8) is 0 Å². The molecule has 0 aliphatic carbocycles. The number of hydrogen-bond donors (Lipinski definition) is 2. The van der Waals surface area contributed by atoms with Crippen molar-refractivity contribution in [2.24, 2.45) is 0 Å². The van der Waals surface area contributed by atoms with Crippen molar-refractivity contribution in [2.75, 3.05) is 26.0 Å². The number of thiazole rings is 1. The van der Waals surface area contributed by atoms with E-state index < -0.39 is 13.7 Å². The lowest BCUT2D eigenvalue weighted by Crippen LogP contribution is -2.22. The molecule has 1 heterocycles. The van der Waals surface area contributed by atoms with E-state index in [1.807, 2.05) is 5.40 Å². The summed E-state index contributed by atoms with van der Waals surface area (Å²) in [6.07, 6.45) is -0.0451. The highest BCUT2D eigenvalue weighted by Crippen LogP contribution is 2.50. The Morgan fingerprint density at radius 1 is 1.33 bits per heavy atom. The third-order valence-electron chi connectivity index (χ3n) is 4.06. The number of para-hydroxylation sites is 1. The second-order valence-corrected chi connectivity index (χ2v) is 9.82. The van der Waals surface area contributed by atoms with Gasteiger partial charge in [-0.1, -0.05) is 29.5 Å². The number of nitriles is 1. The highest BCUT2D eigenvalue weighted by molar-refractivity contribution is 8.03. The highest BCUT2D eigenvalue weighted by Gasteiger charge is 2.31. The lowest BCUT2D eigenvalue weighted by molar-refractivity contribution is -0.142. The predicted molar refractivity (Wildman–Crippen MR) is 127 cm³/mol. The first-order valence-corrected chi connectivity index (χ1v) is 12.8. The van der Waals surface area contributed by atoms with Crippen molar-refractivity contribution >= 4 is 52.2 Å². The van der Waals surface area contributed by atoms with Crippen molar-refractivity contribution in [1.82, 2.24) is 10.1 Å². The van der Waals surface area contributed by atoms with E-state index in [9.17, 15) is 14.6 Å². The molecule has 0 fully saturated rings. The molecule has 0 bridgehead atoms. The molecule has 3 N–H and O–H groups in total. The zero-order valence-electron chi connectivity index (χ0n) is 17.8. The van der Waals surface area contributed by atoms with E-state index in [1.54, 1.807) is 37.3 Å². The lowest BCUT2D eigenvalue weighted by Gasteiger charge is -2.21. The number of benzene rings is 2. The maximum absolute atomic E-state index is 13.7. The number of aromatic nitrogens is 1. The van der Waals surface area contributed by atoms with E-state index in [2.05, 4.69) is 10.1 Å². The van der Waals surface area contributed by atoms with E-state index in [1.165, 1.54) is 13.2 Å². The van der Waals surface area contributed by atoms with Gasteiger partial charge in [-0.3, -0.25) is 4.79 Å². The van der Waals surface area contributed by atoms with Crippen LogP contribution in [-0.2, 0) is 14.1 Å². The normalized spacial score (nSPS) is 12.5. The number of thioether (sulfide) groups is 1. The van der Waals surface area contributed by atoms with Crippen LogP contribution in [0.15, 0.2) is 41.3 Å².